The van der Waals surface area contributed by atoms with Gasteiger partial charge in [0.15, 0.2) is 0 Å². The SMILES string of the molecule is COc1ccc(C(=O)Nc2sc(CC#N)nc2-c2ccccc2)cc1. The number of carbonyl (C=O) groups is 1. The van der Waals surface area contributed by atoms with Crippen molar-refractivity contribution >= 4 is 22.2 Å². The van der Waals surface area contributed by atoms with E-state index in [1.165, 1.54) is 11.3 Å². The van der Waals surface area contributed by atoms with Gasteiger partial charge in [-0.2, -0.15) is 5.26 Å². The Kier molecular flexibility index (Phi) is 5.07. The third-order valence-electron chi connectivity index (χ3n) is 3.53. The van der Waals surface area contributed by atoms with Crippen molar-refractivity contribution in [1.82, 2.24) is 4.98 Å². The molecule has 5 nitrogen and oxygen atoms in total. The predicted molar refractivity (Wildman–Crippen MR) is 97.8 cm³/mol. The van der Waals surface area contributed by atoms with Gasteiger partial charge in [-0.1, -0.05) is 41.7 Å². The number of ether oxygens (including phenoxy) is 1. The van der Waals surface area contributed by atoms with Crippen LogP contribution < -0.4 is 10.1 Å². The third-order valence-corrected chi connectivity index (χ3v) is 4.50. The van der Waals surface area contributed by atoms with Gasteiger partial charge in [0.1, 0.15) is 21.5 Å². The molecule has 0 radical (unpaired) electrons. The smallest absolute Gasteiger partial charge is 0.256 e. The summed E-state index contributed by atoms with van der Waals surface area (Å²) in [7, 11) is 1.58. The van der Waals surface area contributed by atoms with Crippen molar-refractivity contribution in [2.24, 2.45) is 0 Å². The molecule has 0 saturated heterocycles. The molecule has 0 bridgehead atoms. The maximum absolute atomic E-state index is 12.5. The first-order valence-electron chi connectivity index (χ1n) is 7.58. The van der Waals surface area contributed by atoms with Crippen LogP contribution in [0.1, 0.15) is 15.4 Å². The molecule has 0 spiro atoms. The first kappa shape index (κ1) is 16.7. The Balaban J connectivity index is 1.90. The molecule has 124 valence electrons. The van der Waals surface area contributed by atoms with Gasteiger partial charge >= 0.3 is 0 Å². The second-order valence-corrected chi connectivity index (χ2v) is 6.25. The molecule has 6 heteroatoms. The lowest BCUT2D eigenvalue weighted by Crippen LogP contribution is -2.11. The highest BCUT2D eigenvalue weighted by atomic mass is 32.1. The Morgan fingerprint density at radius 3 is 2.56 bits per heavy atom. The van der Waals surface area contributed by atoms with Gasteiger partial charge in [0, 0.05) is 11.1 Å². The third kappa shape index (κ3) is 3.84. The van der Waals surface area contributed by atoms with E-state index >= 15 is 0 Å². The van der Waals surface area contributed by atoms with Crippen molar-refractivity contribution in [2.45, 2.75) is 6.42 Å². The zero-order chi connectivity index (χ0) is 17.6. The minimum atomic E-state index is -0.230. The number of anilines is 1. The van der Waals surface area contributed by atoms with E-state index < -0.39 is 0 Å². The monoisotopic (exact) mass is 349 g/mol. The molecule has 3 aromatic rings. The van der Waals surface area contributed by atoms with Gasteiger partial charge < -0.3 is 10.1 Å². The lowest BCUT2D eigenvalue weighted by molar-refractivity contribution is 0.102. The summed E-state index contributed by atoms with van der Waals surface area (Å²) in [5.74, 6) is 0.461. The summed E-state index contributed by atoms with van der Waals surface area (Å²) in [4.78, 5) is 17.0. The van der Waals surface area contributed by atoms with Crippen LogP contribution in [0.15, 0.2) is 54.6 Å². The van der Waals surface area contributed by atoms with Crippen molar-refractivity contribution < 1.29 is 9.53 Å². The standard InChI is InChI=1S/C19H15N3O2S/c1-24-15-9-7-14(8-10-15)18(23)22-19-17(13-5-3-2-4-6-13)21-16(25-19)11-12-20/h2-10H,11H2,1H3,(H,22,23). The summed E-state index contributed by atoms with van der Waals surface area (Å²) >= 11 is 1.32. The van der Waals surface area contributed by atoms with Gasteiger partial charge in [0.2, 0.25) is 0 Å². The summed E-state index contributed by atoms with van der Waals surface area (Å²) in [5, 5.41) is 13.1. The predicted octanol–water partition coefficient (Wildman–Crippen LogP) is 4.14. The van der Waals surface area contributed by atoms with Gasteiger partial charge in [-0.3, -0.25) is 4.79 Å². The van der Waals surface area contributed by atoms with Crippen LogP contribution in [-0.2, 0) is 6.42 Å². The number of rotatable bonds is 5. The molecular formula is C19H15N3O2S. The van der Waals surface area contributed by atoms with E-state index in [0.717, 1.165) is 5.56 Å². The summed E-state index contributed by atoms with van der Waals surface area (Å²) in [6, 6.07) is 18.6. The normalized spacial score (nSPS) is 10.1. The van der Waals surface area contributed by atoms with Gasteiger partial charge in [-0.25, -0.2) is 4.98 Å². The number of hydrogen-bond acceptors (Lipinski definition) is 5. The highest BCUT2D eigenvalue weighted by molar-refractivity contribution is 7.16. The molecule has 1 aromatic heterocycles. The Hall–Kier alpha value is -3.17. The van der Waals surface area contributed by atoms with Crippen LogP contribution in [0.2, 0.25) is 0 Å². The van der Waals surface area contributed by atoms with Crippen LogP contribution >= 0.6 is 11.3 Å². The van der Waals surface area contributed by atoms with Crippen LogP contribution in [0.5, 0.6) is 5.75 Å². The molecule has 0 atom stereocenters. The van der Waals surface area contributed by atoms with Crippen LogP contribution in [-0.4, -0.2) is 18.0 Å². The summed E-state index contributed by atoms with van der Waals surface area (Å²) in [5.41, 5.74) is 2.10. The highest BCUT2D eigenvalue weighted by Gasteiger charge is 2.16. The number of nitrogens with zero attached hydrogens (tertiary/aromatic N) is 2. The first-order valence-corrected chi connectivity index (χ1v) is 8.40. The first-order chi connectivity index (χ1) is 12.2. The van der Waals surface area contributed by atoms with Gasteiger partial charge in [0.05, 0.1) is 19.6 Å². The average Bonchev–Trinajstić information content (AvgIpc) is 3.05. The van der Waals surface area contributed by atoms with Crippen LogP contribution in [0, 0.1) is 11.3 Å². The molecular weight excluding hydrogens is 334 g/mol. The van der Waals surface area contributed by atoms with Gasteiger partial charge in [-0.15, -0.1) is 0 Å². The molecule has 1 amide bonds. The molecule has 0 unspecified atom stereocenters. The van der Waals surface area contributed by atoms with Crippen molar-refractivity contribution in [1.29, 1.82) is 5.26 Å². The molecule has 0 aliphatic rings. The molecule has 2 aromatic carbocycles. The largest absolute Gasteiger partial charge is 0.497 e. The van der Waals surface area contributed by atoms with Gasteiger partial charge in [-0.05, 0) is 24.3 Å². The van der Waals surface area contributed by atoms with E-state index in [2.05, 4.69) is 16.4 Å². The van der Waals surface area contributed by atoms with Crippen molar-refractivity contribution in [3.8, 4) is 23.1 Å². The fourth-order valence-electron chi connectivity index (χ4n) is 2.30. The topological polar surface area (TPSA) is 75.0 Å². The van der Waals surface area contributed by atoms with Crippen molar-refractivity contribution in [2.75, 3.05) is 12.4 Å². The Bertz CT molecular complexity index is 912. The Morgan fingerprint density at radius 2 is 1.92 bits per heavy atom. The van der Waals surface area contributed by atoms with Gasteiger partial charge in [0.25, 0.3) is 5.91 Å². The molecule has 1 heterocycles. The molecule has 0 fully saturated rings. The van der Waals surface area contributed by atoms with E-state index in [1.807, 2.05) is 30.3 Å². The number of benzene rings is 2. The van der Waals surface area contributed by atoms with E-state index in [9.17, 15) is 4.79 Å². The number of nitrogens with one attached hydrogen (secondary N) is 1. The van der Waals surface area contributed by atoms with E-state index in [1.54, 1.807) is 31.4 Å². The fourth-order valence-corrected chi connectivity index (χ4v) is 3.21. The molecule has 3 rings (SSSR count). The summed E-state index contributed by atoms with van der Waals surface area (Å²) in [6.45, 7) is 0. The van der Waals surface area contributed by atoms with Crippen molar-refractivity contribution in [3.63, 3.8) is 0 Å². The van der Waals surface area contributed by atoms with Crippen LogP contribution in [0.25, 0.3) is 11.3 Å². The Labute approximate surface area is 149 Å². The number of nitriles is 1. The zero-order valence-electron chi connectivity index (χ0n) is 13.5. The minimum absolute atomic E-state index is 0.211. The van der Waals surface area contributed by atoms with E-state index in [0.29, 0.717) is 27.0 Å². The zero-order valence-corrected chi connectivity index (χ0v) is 14.3. The molecule has 0 aliphatic heterocycles. The maximum Gasteiger partial charge on any atom is 0.256 e. The number of aromatic nitrogens is 1. The molecule has 0 aliphatic carbocycles. The van der Waals surface area contributed by atoms with E-state index in [4.69, 9.17) is 10.00 Å². The average molecular weight is 349 g/mol. The fraction of sp³-hybridized carbons (Fsp3) is 0.105. The lowest BCUT2D eigenvalue weighted by Gasteiger charge is -2.06. The number of carbonyl (C=O) groups excluding carboxylic acids is 1. The molecule has 25 heavy (non-hydrogen) atoms. The van der Waals surface area contributed by atoms with Crippen molar-refractivity contribution in [3.05, 3.63) is 65.2 Å². The second-order valence-electron chi connectivity index (χ2n) is 5.17. The Morgan fingerprint density at radius 1 is 1.20 bits per heavy atom. The number of amides is 1. The number of hydrogen-bond donors (Lipinski definition) is 1. The van der Waals surface area contributed by atoms with Crippen LogP contribution in [0.3, 0.4) is 0 Å². The minimum Gasteiger partial charge on any atom is -0.497 e. The molecule has 0 saturated carbocycles. The molecule has 1 N–H and O–H groups in total. The summed E-state index contributed by atoms with van der Waals surface area (Å²) < 4.78 is 5.10. The number of thiazole rings is 1. The lowest BCUT2D eigenvalue weighted by atomic mass is 10.1. The second kappa shape index (κ2) is 7.60. The maximum atomic E-state index is 12.5. The quantitative estimate of drug-likeness (QED) is 0.751. The number of methoxy groups -OCH3 is 1. The van der Waals surface area contributed by atoms with E-state index in [-0.39, 0.29) is 12.3 Å². The highest BCUT2D eigenvalue weighted by Crippen LogP contribution is 2.33. The summed E-state index contributed by atoms with van der Waals surface area (Å²) in [6.07, 6.45) is 0.211. The van der Waals surface area contributed by atoms with Crippen LogP contribution in [0.4, 0.5) is 5.00 Å².